The Kier molecular flexibility index (Phi) is 9.85. The zero-order valence-electron chi connectivity index (χ0n) is 11.8. The molecule has 0 aliphatic rings. The molecule has 0 bridgehead atoms. The Balaban J connectivity index is 3.96. The number of carboxylic acids is 2. The van der Waals surface area contributed by atoms with Gasteiger partial charge in [-0.15, -0.1) is 6.58 Å². The summed E-state index contributed by atoms with van der Waals surface area (Å²) in [6.07, 6.45) is 9.99. The van der Waals surface area contributed by atoms with Gasteiger partial charge >= 0.3 is 11.9 Å². The molecule has 0 saturated carbocycles. The molecule has 1 unspecified atom stereocenters. The second-order valence-corrected chi connectivity index (χ2v) is 4.96. The van der Waals surface area contributed by atoms with Crippen molar-refractivity contribution in [3.8, 4) is 0 Å². The molecule has 110 valence electrons. The third-order valence-corrected chi connectivity index (χ3v) is 3.40. The van der Waals surface area contributed by atoms with Crippen molar-refractivity contribution < 1.29 is 19.8 Å². The highest BCUT2D eigenvalue weighted by atomic mass is 16.4. The summed E-state index contributed by atoms with van der Waals surface area (Å²) < 4.78 is 0. The summed E-state index contributed by atoms with van der Waals surface area (Å²) in [6, 6.07) is 0. The Morgan fingerprint density at radius 3 is 1.89 bits per heavy atom. The van der Waals surface area contributed by atoms with Gasteiger partial charge in [0.15, 0.2) is 5.92 Å². The van der Waals surface area contributed by atoms with Gasteiger partial charge in [-0.05, 0) is 6.42 Å². The highest BCUT2D eigenvalue weighted by Crippen LogP contribution is 2.22. The molecule has 0 amide bonds. The summed E-state index contributed by atoms with van der Waals surface area (Å²) in [4.78, 5) is 21.8. The summed E-state index contributed by atoms with van der Waals surface area (Å²) in [6.45, 7) is 5.73. The Labute approximate surface area is 115 Å². The number of rotatable bonds is 12. The number of hydrogen-bond acceptors (Lipinski definition) is 2. The van der Waals surface area contributed by atoms with Gasteiger partial charge in [0.1, 0.15) is 0 Å². The molecule has 0 aliphatic heterocycles. The molecule has 0 aromatic carbocycles. The number of carboxylic acid groups (broad SMARTS) is 2. The van der Waals surface area contributed by atoms with Crippen LogP contribution in [0, 0.1) is 11.8 Å². The van der Waals surface area contributed by atoms with Crippen LogP contribution in [0.15, 0.2) is 12.7 Å². The van der Waals surface area contributed by atoms with Crippen LogP contribution in [0.3, 0.4) is 0 Å². The lowest BCUT2D eigenvalue weighted by atomic mass is 9.87. The molecule has 4 nitrogen and oxygen atoms in total. The number of hydrogen-bond donors (Lipinski definition) is 2. The summed E-state index contributed by atoms with van der Waals surface area (Å²) in [5, 5.41) is 17.8. The molecule has 0 radical (unpaired) electrons. The lowest BCUT2D eigenvalue weighted by molar-refractivity contribution is -0.156. The smallest absolute Gasteiger partial charge is 0.318 e. The summed E-state index contributed by atoms with van der Waals surface area (Å²) in [7, 11) is 0. The van der Waals surface area contributed by atoms with E-state index in [1.54, 1.807) is 0 Å². The first kappa shape index (κ1) is 17.7. The molecule has 0 saturated heterocycles. The van der Waals surface area contributed by atoms with Gasteiger partial charge in [0, 0.05) is 5.92 Å². The molecule has 1 atom stereocenters. The van der Waals surface area contributed by atoms with Crippen LogP contribution in [0.1, 0.15) is 58.3 Å². The van der Waals surface area contributed by atoms with Crippen LogP contribution in [0.25, 0.3) is 0 Å². The predicted octanol–water partition coefficient (Wildman–Crippen LogP) is 3.71. The quantitative estimate of drug-likeness (QED) is 0.322. The number of unbranched alkanes of at least 4 members (excludes halogenated alkanes) is 6. The van der Waals surface area contributed by atoms with Crippen LogP contribution in [0.4, 0.5) is 0 Å². The van der Waals surface area contributed by atoms with E-state index in [2.05, 4.69) is 13.5 Å². The minimum Gasteiger partial charge on any atom is -0.481 e. The fraction of sp³-hybridized carbons (Fsp3) is 0.733. The van der Waals surface area contributed by atoms with Crippen LogP contribution < -0.4 is 0 Å². The van der Waals surface area contributed by atoms with E-state index in [1.165, 1.54) is 31.8 Å². The summed E-state index contributed by atoms with van der Waals surface area (Å²) >= 11 is 0. The predicted molar refractivity (Wildman–Crippen MR) is 75.1 cm³/mol. The van der Waals surface area contributed by atoms with Crippen molar-refractivity contribution in [1.29, 1.82) is 0 Å². The van der Waals surface area contributed by atoms with Gasteiger partial charge in [-0.1, -0.05) is 57.9 Å². The Morgan fingerprint density at radius 2 is 1.47 bits per heavy atom. The fourth-order valence-electron chi connectivity index (χ4n) is 2.23. The van der Waals surface area contributed by atoms with Crippen LogP contribution in [-0.2, 0) is 9.59 Å². The molecule has 0 rings (SSSR count). The summed E-state index contributed by atoms with van der Waals surface area (Å²) in [5.41, 5.74) is 0. The number of carbonyl (C=O) groups is 2. The van der Waals surface area contributed by atoms with Gasteiger partial charge in [-0.25, -0.2) is 0 Å². The molecule has 19 heavy (non-hydrogen) atoms. The number of allylic oxidation sites excluding steroid dienone is 1. The molecule has 2 N–H and O–H groups in total. The molecule has 0 spiro atoms. The van der Waals surface area contributed by atoms with E-state index in [9.17, 15) is 9.59 Å². The maximum absolute atomic E-state index is 10.9. The van der Waals surface area contributed by atoms with Gasteiger partial charge in [0.05, 0.1) is 0 Å². The normalized spacial score (nSPS) is 12.3. The largest absolute Gasteiger partial charge is 0.481 e. The highest BCUT2D eigenvalue weighted by molar-refractivity contribution is 5.93. The van der Waals surface area contributed by atoms with E-state index in [-0.39, 0.29) is 0 Å². The van der Waals surface area contributed by atoms with Gasteiger partial charge in [-0.3, -0.25) is 9.59 Å². The minimum absolute atomic E-state index is 0.481. The molecule has 0 aliphatic carbocycles. The topological polar surface area (TPSA) is 74.6 Å². The average molecular weight is 270 g/mol. The van der Waals surface area contributed by atoms with Crippen LogP contribution in [0.2, 0.25) is 0 Å². The number of aliphatic carboxylic acids is 2. The van der Waals surface area contributed by atoms with Crippen molar-refractivity contribution in [2.24, 2.45) is 11.8 Å². The third kappa shape index (κ3) is 7.65. The van der Waals surface area contributed by atoms with Crippen molar-refractivity contribution in [3.63, 3.8) is 0 Å². The van der Waals surface area contributed by atoms with E-state index in [0.717, 1.165) is 19.3 Å². The minimum atomic E-state index is -1.36. The first-order valence-corrected chi connectivity index (χ1v) is 7.12. The van der Waals surface area contributed by atoms with Gasteiger partial charge < -0.3 is 10.2 Å². The summed E-state index contributed by atoms with van der Waals surface area (Å²) in [5.74, 6) is -4.40. The standard InChI is InChI=1S/C15H26O4/c1-3-5-6-7-8-9-10-11-12(4-2)13(14(16)17)15(18)19/h4,12-13H,2-3,5-11H2,1H3,(H,16,17)(H,18,19). The van der Waals surface area contributed by atoms with Crippen molar-refractivity contribution >= 4 is 11.9 Å². The van der Waals surface area contributed by atoms with Gasteiger partial charge in [-0.2, -0.15) is 0 Å². The molecule has 0 aromatic rings. The second-order valence-electron chi connectivity index (χ2n) is 4.96. The van der Waals surface area contributed by atoms with E-state index in [0.29, 0.717) is 6.42 Å². The second kappa shape index (κ2) is 10.6. The average Bonchev–Trinajstić information content (AvgIpc) is 2.35. The molecular formula is C15H26O4. The van der Waals surface area contributed by atoms with Crippen molar-refractivity contribution in [3.05, 3.63) is 12.7 Å². The lowest BCUT2D eigenvalue weighted by Gasteiger charge is -2.16. The molecular weight excluding hydrogens is 244 g/mol. The SMILES string of the molecule is C=CC(CCCCCCCCC)C(C(=O)O)C(=O)O. The highest BCUT2D eigenvalue weighted by Gasteiger charge is 2.32. The van der Waals surface area contributed by atoms with E-state index < -0.39 is 23.8 Å². The van der Waals surface area contributed by atoms with Crippen molar-refractivity contribution in [1.82, 2.24) is 0 Å². The van der Waals surface area contributed by atoms with Crippen molar-refractivity contribution in [2.75, 3.05) is 0 Å². The first-order chi connectivity index (χ1) is 9.04. The maximum atomic E-state index is 10.9. The van der Waals surface area contributed by atoms with E-state index in [1.807, 2.05) is 0 Å². The van der Waals surface area contributed by atoms with E-state index in [4.69, 9.17) is 10.2 Å². The Morgan fingerprint density at radius 1 is 1.00 bits per heavy atom. The fourth-order valence-corrected chi connectivity index (χ4v) is 2.23. The van der Waals surface area contributed by atoms with Crippen molar-refractivity contribution in [2.45, 2.75) is 58.3 Å². The van der Waals surface area contributed by atoms with Gasteiger partial charge in [0.25, 0.3) is 0 Å². The third-order valence-electron chi connectivity index (χ3n) is 3.40. The zero-order chi connectivity index (χ0) is 14.7. The molecule has 4 heteroatoms. The van der Waals surface area contributed by atoms with Crippen LogP contribution in [0.5, 0.6) is 0 Å². The lowest BCUT2D eigenvalue weighted by Crippen LogP contribution is -2.30. The van der Waals surface area contributed by atoms with Crippen LogP contribution >= 0.6 is 0 Å². The molecule has 0 aromatic heterocycles. The van der Waals surface area contributed by atoms with Crippen LogP contribution in [-0.4, -0.2) is 22.2 Å². The zero-order valence-corrected chi connectivity index (χ0v) is 11.8. The first-order valence-electron chi connectivity index (χ1n) is 7.12. The molecule has 0 fully saturated rings. The van der Waals surface area contributed by atoms with E-state index >= 15 is 0 Å². The monoisotopic (exact) mass is 270 g/mol. The van der Waals surface area contributed by atoms with Gasteiger partial charge in [0.2, 0.25) is 0 Å². The maximum Gasteiger partial charge on any atom is 0.318 e. The Bertz CT molecular complexity index is 272. The Hall–Kier alpha value is -1.32. The molecule has 0 heterocycles.